The number of ether oxygens (including phenoxy) is 1. The fourth-order valence-electron chi connectivity index (χ4n) is 3.38. The Morgan fingerprint density at radius 2 is 1.73 bits per heavy atom. The van der Waals surface area contributed by atoms with Crippen molar-refractivity contribution < 1.29 is 14.3 Å². The molecule has 1 aromatic carbocycles. The first-order chi connectivity index (χ1) is 14.4. The molecule has 2 rings (SSSR count). The predicted molar refractivity (Wildman–Crippen MR) is 119 cm³/mol. The molecule has 0 spiro atoms. The molecule has 0 fully saturated rings. The lowest BCUT2D eigenvalue weighted by atomic mass is 9.93. The highest BCUT2D eigenvalue weighted by atomic mass is 16.5. The van der Waals surface area contributed by atoms with Crippen molar-refractivity contribution in [2.45, 2.75) is 59.8 Å². The lowest BCUT2D eigenvalue weighted by Gasteiger charge is -2.28. The van der Waals surface area contributed by atoms with Crippen molar-refractivity contribution in [1.29, 1.82) is 5.26 Å². The molecule has 1 aromatic rings. The van der Waals surface area contributed by atoms with Gasteiger partial charge in [0.25, 0.3) is 11.8 Å². The third-order valence-electron chi connectivity index (χ3n) is 5.08. The Morgan fingerprint density at radius 3 is 2.33 bits per heavy atom. The zero-order chi connectivity index (χ0) is 22.1. The van der Waals surface area contributed by atoms with E-state index in [1.54, 1.807) is 13.0 Å². The highest BCUT2D eigenvalue weighted by Gasteiger charge is 2.35. The maximum atomic E-state index is 12.9. The molecule has 0 radical (unpaired) electrons. The van der Waals surface area contributed by atoms with Crippen LogP contribution in [0.2, 0.25) is 0 Å². The number of unbranched alkanes of at least 4 members (excludes halogenated alkanes) is 4. The molecule has 0 aliphatic carbocycles. The Hall–Kier alpha value is -2.87. The zero-order valence-corrected chi connectivity index (χ0v) is 18.5. The summed E-state index contributed by atoms with van der Waals surface area (Å²) in [7, 11) is 0. The molecule has 2 amide bonds. The van der Waals surface area contributed by atoms with Gasteiger partial charge < -0.3 is 4.74 Å². The summed E-state index contributed by atoms with van der Waals surface area (Å²) in [5.41, 5.74) is 1.67. The van der Waals surface area contributed by atoms with E-state index in [1.807, 2.05) is 44.2 Å². The maximum Gasteiger partial charge on any atom is 0.271 e. The first-order valence-corrected chi connectivity index (χ1v) is 10.8. The fourth-order valence-corrected chi connectivity index (χ4v) is 3.38. The molecule has 5 heteroatoms. The van der Waals surface area contributed by atoms with Gasteiger partial charge in [-0.3, -0.25) is 14.5 Å². The van der Waals surface area contributed by atoms with E-state index in [0.717, 1.165) is 17.7 Å². The minimum absolute atomic E-state index is 0.0320. The monoisotopic (exact) mass is 408 g/mol. The molecule has 1 aliphatic heterocycles. The predicted octanol–water partition coefficient (Wildman–Crippen LogP) is 5.28. The minimum Gasteiger partial charge on any atom is -0.494 e. The summed E-state index contributed by atoms with van der Waals surface area (Å²) in [6, 6.07) is 9.50. The molecular formula is C25H32N2O3. The topological polar surface area (TPSA) is 70.4 Å². The highest BCUT2D eigenvalue weighted by Crippen LogP contribution is 2.28. The molecule has 0 unspecified atom stereocenters. The molecule has 0 N–H and O–H groups in total. The largest absolute Gasteiger partial charge is 0.494 e. The van der Waals surface area contributed by atoms with Gasteiger partial charge in [0.1, 0.15) is 17.4 Å². The van der Waals surface area contributed by atoms with Crippen LogP contribution in [0.1, 0.15) is 65.4 Å². The van der Waals surface area contributed by atoms with Crippen LogP contribution in [-0.2, 0) is 9.59 Å². The van der Waals surface area contributed by atoms with Gasteiger partial charge >= 0.3 is 0 Å². The molecule has 160 valence electrons. The van der Waals surface area contributed by atoms with Crippen LogP contribution in [0, 0.1) is 17.2 Å². The van der Waals surface area contributed by atoms with Gasteiger partial charge in [-0.2, -0.15) is 5.26 Å². The van der Waals surface area contributed by atoms with Crippen LogP contribution in [0.5, 0.6) is 5.75 Å². The lowest BCUT2D eigenvalue weighted by Crippen LogP contribution is -2.44. The molecule has 0 saturated carbocycles. The normalized spacial score (nSPS) is 15.9. The minimum atomic E-state index is -0.506. The molecule has 1 heterocycles. The van der Waals surface area contributed by atoms with Crippen LogP contribution in [0.3, 0.4) is 0 Å². The molecule has 0 saturated heterocycles. The number of hydrogen-bond donors (Lipinski definition) is 0. The number of carbonyl (C=O) groups excluding carboxylic acids is 2. The van der Waals surface area contributed by atoms with Crippen molar-refractivity contribution in [3.63, 3.8) is 0 Å². The van der Waals surface area contributed by atoms with Gasteiger partial charge in [0, 0.05) is 12.1 Å². The van der Waals surface area contributed by atoms with Crippen LogP contribution in [-0.4, -0.2) is 29.9 Å². The van der Waals surface area contributed by atoms with Gasteiger partial charge in [0.2, 0.25) is 0 Å². The second-order valence-electron chi connectivity index (χ2n) is 8.12. The van der Waals surface area contributed by atoms with Crippen molar-refractivity contribution in [2.75, 3.05) is 13.2 Å². The summed E-state index contributed by atoms with van der Waals surface area (Å²) in [6.45, 7) is 8.71. The van der Waals surface area contributed by atoms with Crippen molar-refractivity contribution in [1.82, 2.24) is 4.90 Å². The van der Waals surface area contributed by atoms with Gasteiger partial charge in [0.15, 0.2) is 0 Å². The standard InChI is InChI=1S/C25H32N2O3/c1-5-6-7-8-9-14-30-21-12-10-20(11-13-21)15-22-19(4)23(16-26)25(29)27(24(22)28)17-18(2)3/h10-13,15,18H,5-9,14,17H2,1-4H3/b22-15+. The van der Waals surface area contributed by atoms with E-state index in [1.165, 1.54) is 30.6 Å². The van der Waals surface area contributed by atoms with Gasteiger partial charge in [-0.25, -0.2) is 0 Å². The number of hydrogen-bond acceptors (Lipinski definition) is 4. The SMILES string of the molecule is CCCCCCCOc1ccc(/C=C2/C(=O)N(CC(C)C)C(=O)C(C#N)=C2C)cc1. The highest BCUT2D eigenvalue weighted by molar-refractivity contribution is 6.19. The number of nitrogens with zero attached hydrogens (tertiary/aromatic N) is 2. The van der Waals surface area contributed by atoms with E-state index in [4.69, 9.17) is 4.74 Å². The van der Waals surface area contributed by atoms with Gasteiger partial charge in [-0.05, 0) is 48.6 Å². The van der Waals surface area contributed by atoms with E-state index in [-0.39, 0.29) is 17.4 Å². The third kappa shape index (κ3) is 6.06. The summed E-state index contributed by atoms with van der Waals surface area (Å²) >= 11 is 0. The molecule has 0 atom stereocenters. The number of imide groups is 1. The van der Waals surface area contributed by atoms with E-state index < -0.39 is 5.91 Å². The van der Waals surface area contributed by atoms with Crippen molar-refractivity contribution in [3.05, 3.63) is 46.5 Å². The van der Waals surface area contributed by atoms with Gasteiger partial charge in [-0.15, -0.1) is 0 Å². The van der Waals surface area contributed by atoms with E-state index >= 15 is 0 Å². The van der Waals surface area contributed by atoms with E-state index in [2.05, 4.69) is 6.92 Å². The summed E-state index contributed by atoms with van der Waals surface area (Å²) in [5, 5.41) is 9.43. The Morgan fingerprint density at radius 1 is 1.07 bits per heavy atom. The van der Waals surface area contributed by atoms with Crippen LogP contribution in [0.4, 0.5) is 0 Å². The summed E-state index contributed by atoms with van der Waals surface area (Å²) in [5.74, 6) is 0.0613. The summed E-state index contributed by atoms with van der Waals surface area (Å²) < 4.78 is 5.79. The number of amides is 2. The van der Waals surface area contributed by atoms with Crippen molar-refractivity contribution >= 4 is 17.9 Å². The van der Waals surface area contributed by atoms with E-state index in [0.29, 0.717) is 24.3 Å². The summed E-state index contributed by atoms with van der Waals surface area (Å²) in [4.78, 5) is 26.6. The Kier molecular flexibility index (Phi) is 8.86. The maximum absolute atomic E-state index is 12.9. The van der Waals surface area contributed by atoms with Crippen LogP contribution >= 0.6 is 0 Å². The first-order valence-electron chi connectivity index (χ1n) is 10.8. The van der Waals surface area contributed by atoms with Crippen molar-refractivity contribution in [2.24, 2.45) is 5.92 Å². The number of carbonyl (C=O) groups is 2. The average molecular weight is 409 g/mol. The molecular weight excluding hydrogens is 376 g/mol. The lowest BCUT2D eigenvalue weighted by molar-refractivity contribution is -0.141. The molecule has 1 aliphatic rings. The third-order valence-corrected chi connectivity index (χ3v) is 5.08. The Balaban J connectivity index is 2.14. The van der Waals surface area contributed by atoms with Crippen LogP contribution in [0.25, 0.3) is 6.08 Å². The number of rotatable bonds is 10. The molecule has 5 nitrogen and oxygen atoms in total. The van der Waals surface area contributed by atoms with Crippen LogP contribution < -0.4 is 4.74 Å². The summed E-state index contributed by atoms with van der Waals surface area (Å²) in [6.07, 6.45) is 7.70. The first kappa shape index (κ1) is 23.4. The fraction of sp³-hybridized carbons (Fsp3) is 0.480. The Labute approximate surface area is 180 Å². The zero-order valence-electron chi connectivity index (χ0n) is 18.5. The second-order valence-corrected chi connectivity index (χ2v) is 8.12. The average Bonchev–Trinajstić information content (AvgIpc) is 2.72. The quantitative estimate of drug-likeness (QED) is 0.300. The smallest absolute Gasteiger partial charge is 0.271 e. The second kappa shape index (κ2) is 11.3. The van der Waals surface area contributed by atoms with Crippen molar-refractivity contribution in [3.8, 4) is 11.8 Å². The molecule has 30 heavy (non-hydrogen) atoms. The molecule has 0 bridgehead atoms. The number of benzene rings is 1. The van der Waals surface area contributed by atoms with Gasteiger partial charge in [0.05, 0.1) is 6.61 Å². The van der Waals surface area contributed by atoms with Crippen LogP contribution in [0.15, 0.2) is 41.0 Å². The number of nitriles is 1. The molecule has 0 aromatic heterocycles. The Bertz CT molecular complexity index is 857. The van der Waals surface area contributed by atoms with E-state index in [9.17, 15) is 14.9 Å². The van der Waals surface area contributed by atoms with Gasteiger partial charge in [-0.1, -0.05) is 58.6 Å².